The standard InChI is InChI=1S/C17H15N5O/c23-15(19-9-11-4-2-1-3-5-11)8-14-21-13-10-20-17-12(6-7-18-17)16(13)22-14/h1-7,10H,8-9H2,(H,18,20)(H,19,23)(H,21,22). The molecule has 0 saturated carbocycles. The number of amides is 1. The number of rotatable bonds is 4. The van der Waals surface area contributed by atoms with Gasteiger partial charge in [-0.15, -0.1) is 0 Å². The quantitative estimate of drug-likeness (QED) is 0.540. The highest BCUT2D eigenvalue weighted by atomic mass is 16.1. The molecule has 0 atom stereocenters. The Balaban J connectivity index is 1.50. The summed E-state index contributed by atoms with van der Waals surface area (Å²) in [6.07, 6.45) is 3.78. The number of nitrogens with zero attached hydrogens (tertiary/aromatic N) is 2. The molecule has 1 aromatic carbocycles. The number of imidazole rings is 1. The van der Waals surface area contributed by atoms with Crippen LogP contribution in [0.15, 0.2) is 48.8 Å². The van der Waals surface area contributed by atoms with Gasteiger partial charge < -0.3 is 15.3 Å². The van der Waals surface area contributed by atoms with E-state index in [1.54, 1.807) is 6.20 Å². The number of H-pyrrole nitrogens is 2. The summed E-state index contributed by atoms with van der Waals surface area (Å²) in [6.45, 7) is 0.517. The molecule has 6 heteroatoms. The summed E-state index contributed by atoms with van der Waals surface area (Å²) in [7, 11) is 0. The Bertz CT molecular complexity index is 970. The zero-order valence-corrected chi connectivity index (χ0v) is 12.3. The highest BCUT2D eigenvalue weighted by Gasteiger charge is 2.11. The Labute approximate surface area is 132 Å². The lowest BCUT2D eigenvalue weighted by molar-refractivity contribution is -0.120. The number of carbonyl (C=O) groups excluding carboxylic acids is 1. The number of hydrogen-bond acceptors (Lipinski definition) is 3. The molecule has 3 aromatic heterocycles. The van der Waals surface area contributed by atoms with Crippen LogP contribution in [0.25, 0.3) is 22.1 Å². The molecule has 114 valence electrons. The largest absolute Gasteiger partial charge is 0.352 e. The first-order chi connectivity index (χ1) is 11.3. The maximum atomic E-state index is 12.1. The minimum absolute atomic E-state index is 0.0637. The maximum absolute atomic E-state index is 12.1. The molecule has 0 fully saturated rings. The molecule has 4 rings (SSSR count). The second-order valence-corrected chi connectivity index (χ2v) is 5.38. The predicted octanol–water partition coefficient (Wildman–Crippen LogP) is 2.30. The first-order valence-electron chi connectivity index (χ1n) is 7.41. The highest BCUT2D eigenvalue weighted by Crippen LogP contribution is 2.20. The molecule has 0 radical (unpaired) electrons. The minimum Gasteiger partial charge on any atom is -0.352 e. The summed E-state index contributed by atoms with van der Waals surface area (Å²) >= 11 is 0. The van der Waals surface area contributed by atoms with Crippen LogP contribution in [0, 0.1) is 0 Å². The molecule has 0 unspecified atom stereocenters. The number of nitrogens with one attached hydrogen (secondary N) is 3. The van der Waals surface area contributed by atoms with E-state index in [9.17, 15) is 4.79 Å². The van der Waals surface area contributed by atoms with Crippen LogP contribution in [-0.2, 0) is 17.8 Å². The molecular weight excluding hydrogens is 290 g/mol. The van der Waals surface area contributed by atoms with Crippen LogP contribution in [0.3, 0.4) is 0 Å². The molecule has 3 heterocycles. The van der Waals surface area contributed by atoms with Gasteiger partial charge in [0.2, 0.25) is 5.91 Å². The predicted molar refractivity (Wildman–Crippen MR) is 87.7 cm³/mol. The first-order valence-corrected chi connectivity index (χ1v) is 7.41. The van der Waals surface area contributed by atoms with Crippen molar-refractivity contribution in [2.45, 2.75) is 13.0 Å². The van der Waals surface area contributed by atoms with Crippen LogP contribution in [0.4, 0.5) is 0 Å². The maximum Gasteiger partial charge on any atom is 0.227 e. The lowest BCUT2D eigenvalue weighted by Crippen LogP contribution is -2.24. The molecule has 23 heavy (non-hydrogen) atoms. The van der Waals surface area contributed by atoms with E-state index in [0.717, 1.165) is 27.6 Å². The Morgan fingerprint density at radius 1 is 1.17 bits per heavy atom. The fourth-order valence-electron chi connectivity index (χ4n) is 2.62. The topological polar surface area (TPSA) is 86.5 Å². The van der Waals surface area contributed by atoms with Gasteiger partial charge in [0, 0.05) is 18.1 Å². The number of benzene rings is 1. The third-order valence-corrected chi connectivity index (χ3v) is 3.74. The summed E-state index contributed by atoms with van der Waals surface area (Å²) < 4.78 is 0. The van der Waals surface area contributed by atoms with Crippen molar-refractivity contribution in [1.29, 1.82) is 0 Å². The van der Waals surface area contributed by atoms with Crippen molar-refractivity contribution in [3.8, 4) is 0 Å². The van der Waals surface area contributed by atoms with Gasteiger partial charge in [0.15, 0.2) is 0 Å². The van der Waals surface area contributed by atoms with Gasteiger partial charge in [-0.3, -0.25) is 4.79 Å². The monoisotopic (exact) mass is 305 g/mol. The zero-order valence-electron chi connectivity index (χ0n) is 12.3. The van der Waals surface area contributed by atoms with E-state index in [0.29, 0.717) is 12.4 Å². The lowest BCUT2D eigenvalue weighted by atomic mass is 10.2. The van der Waals surface area contributed by atoms with E-state index >= 15 is 0 Å². The van der Waals surface area contributed by atoms with E-state index in [4.69, 9.17) is 0 Å². The number of pyridine rings is 1. The van der Waals surface area contributed by atoms with Crippen molar-refractivity contribution in [1.82, 2.24) is 25.3 Å². The lowest BCUT2D eigenvalue weighted by Gasteiger charge is -2.03. The van der Waals surface area contributed by atoms with Gasteiger partial charge in [0.25, 0.3) is 0 Å². The fourth-order valence-corrected chi connectivity index (χ4v) is 2.62. The zero-order chi connectivity index (χ0) is 15.6. The Morgan fingerprint density at radius 2 is 2.04 bits per heavy atom. The van der Waals surface area contributed by atoms with Gasteiger partial charge in [0.05, 0.1) is 18.1 Å². The van der Waals surface area contributed by atoms with Crippen LogP contribution in [-0.4, -0.2) is 25.8 Å². The number of hydrogen-bond donors (Lipinski definition) is 3. The molecule has 0 aliphatic heterocycles. The van der Waals surface area contributed by atoms with Crippen molar-refractivity contribution < 1.29 is 4.79 Å². The van der Waals surface area contributed by atoms with Crippen LogP contribution in [0.1, 0.15) is 11.4 Å². The Morgan fingerprint density at radius 3 is 2.91 bits per heavy atom. The number of fused-ring (bicyclic) bond motifs is 3. The fraction of sp³-hybridized carbons (Fsp3) is 0.118. The van der Waals surface area contributed by atoms with E-state index in [2.05, 4.69) is 25.3 Å². The van der Waals surface area contributed by atoms with Gasteiger partial charge in [-0.1, -0.05) is 30.3 Å². The Kier molecular flexibility index (Phi) is 3.27. The number of carbonyl (C=O) groups is 1. The minimum atomic E-state index is -0.0637. The van der Waals surface area contributed by atoms with Gasteiger partial charge in [-0.2, -0.15) is 0 Å². The molecule has 0 aliphatic carbocycles. The van der Waals surface area contributed by atoms with Crippen LogP contribution in [0.2, 0.25) is 0 Å². The number of aromatic nitrogens is 4. The van der Waals surface area contributed by atoms with Crippen molar-refractivity contribution in [3.05, 3.63) is 60.2 Å². The normalized spacial score (nSPS) is 11.1. The van der Waals surface area contributed by atoms with E-state index < -0.39 is 0 Å². The van der Waals surface area contributed by atoms with E-state index in [1.165, 1.54) is 0 Å². The van der Waals surface area contributed by atoms with Crippen LogP contribution in [0.5, 0.6) is 0 Å². The smallest absolute Gasteiger partial charge is 0.227 e. The van der Waals surface area contributed by atoms with Crippen LogP contribution >= 0.6 is 0 Å². The van der Waals surface area contributed by atoms with Crippen molar-refractivity contribution in [3.63, 3.8) is 0 Å². The summed E-state index contributed by atoms with van der Waals surface area (Å²) in [6, 6.07) is 11.8. The van der Waals surface area contributed by atoms with Gasteiger partial charge in [-0.05, 0) is 11.6 Å². The molecule has 0 bridgehead atoms. The summed E-state index contributed by atoms with van der Waals surface area (Å²) in [5.41, 5.74) is 3.54. The third kappa shape index (κ3) is 2.66. The van der Waals surface area contributed by atoms with Crippen molar-refractivity contribution in [2.24, 2.45) is 0 Å². The van der Waals surface area contributed by atoms with Crippen molar-refractivity contribution in [2.75, 3.05) is 0 Å². The average molecular weight is 305 g/mol. The second kappa shape index (κ2) is 5.57. The van der Waals surface area contributed by atoms with E-state index in [1.807, 2.05) is 42.6 Å². The summed E-state index contributed by atoms with van der Waals surface area (Å²) in [5.74, 6) is 0.576. The van der Waals surface area contributed by atoms with Crippen LogP contribution < -0.4 is 5.32 Å². The Hall–Kier alpha value is -3.15. The average Bonchev–Trinajstić information content (AvgIpc) is 3.19. The van der Waals surface area contributed by atoms with Gasteiger partial charge in [0.1, 0.15) is 17.0 Å². The first kappa shape index (κ1) is 13.5. The SMILES string of the molecule is O=C(Cc1nc2c(cnc3[nH]ccc32)[nH]1)NCc1ccccc1. The summed E-state index contributed by atoms with van der Waals surface area (Å²) in [4.78, 5) is 27.1. The van der Waals surface area contributed by atoms with Gasteiger partial charge in [-0.25, -0.2) is 9.97 Å². The highest BCUT2D eigenvalue weighted by molar-refractivity contribution is 6.00. The second-order valence-electron chi connectivity index (χ2n) is 5.38. The molecule has 3 N–H and O–H groups in total. The molecular formula is C17H15N5O. The third-order valence-electron chi connectivity index (χ3n) is 3.74. The van der Waals surface area contributed by atoms with Gasteiger partial charge >= 0.3 is 0 Å². The molecule has 0 aliphatic rings. The molecule has 0 spiro atoms. The molecule has 0 saturated heterocycles. The number of aromatic amines is 2. The van der Waals surface area contributed by atoms with Crippen molar-refractivity contribution >= 4 is 28.0 Å². The van der Waals surface area contributed by atoms with E-state index in [-0.39, 0.29) is 12.3 Å². The molecule has 4 aromatic rings. The molecule has 1 amide bonds. The summed E-state index contributed by atoms with van der Waals surface area (Å²) in [5, 5.41) is 3.86. The molecule has 6 nitrogen and oxygen atoms in total.